The molecule has 0 aromatic rings. The number of hydrogen-bond donors (Lipinski definition) is 1. The van der Waals surface area contributed by atoms with E-state index in [1.165, 1.54) is 0 Å². The maximum atomic E-state index is 13.1. The van der Waals surface area contributed by atoms with E-state index in [2.05, 4.69) is 23.0 Å². The number of aliphatic imine (C=N–C) groups is 1. The largest absolute Gasteiger partial charge is 0.367 e. The quantitative estimate of drug-likeness (QED) is 0.799. The summed E-state index contributed by atoms with van der Waals surface area (Å²) in [6.45, 7) is 5.78. The fourth-order valence-electron chi connectivity index (χ4n) is 1.49. The molecule has 20 heavy (non-hydrogen) atoms. The average molecular weight is 271 g/mol. The van der Waals surface area contributed by atoms with Gasteiger partial charge < -0.3 is 5.32 Å². The highest BCUT2D eigenvalue weighted by molar-refractivity contribution is 5.99. The van der Waals surface area contributed by atoms with Crippen LogP contribution in [-0.2, 0) is 0 Å². The molecule has 0 unspecified atom stereocenters. The fourth-order valence-corrected chi connectivity index (χ4v) is 1.49. The molecule has 1 rings (SSSR count). The minimum absolute atomic E-state index is 0.406. The lowest BCUT2D eigenvalue weighted by atomic mass is 10.2. The second kappa shape index (κ2) is 8.65. The van der Waals surface area contributed by atoms with E-state index >= 15 is 0 Å². The number of hydrogen-bond acceptors (Lipinski definition) is 3. The predicted octanol–water partition coefficient (Wildman–Crippen LogP) is 3.02. The van der Waals surface area contributed by atoms with Crippen LogP contribution < -0.4 is 5.32 Å². The Bertz CT molecular complexity index is 543. The lowest BCUT2D eigenvalue weighted by molar-refractivity contribution is 0.551. The molecule has 0 saturated heterocycles. The van der Waals surface area contributed by atoms with Crippen molar-refractivity contribution in [2.75, 3.05) is 19.8 Å². The van der Waals surface area contributed by atoms with Gasteiger partial charge in [-0.3, -0.25) is 4.99 Å². The van der Waals surface area contributed by atoms with Crippen LogP contribution >= 0.6 is 0 Å². The number of amidine groups is 1. The Morgan fingerprint density at radius 1 is 1.60 bits per heavy atom. The molecule has 0 bridgehead atoms. The van der Waals surface area contributed by atoms with Crippen molar-refractivity contribution in [3.8, 4) is 6.07 Å². The molecule has 3 nitrogen and oxygen atoms in total. The topological polar surface area (TPSA) is 48.2 Å². The number of alkyl halides is 1. The molecule has 0 aromatic heterocycles. The van der Waals surface area contributed by atoms with Crippen molar-refractivity contribution in [2.45, 2.75) is 6.92 Å². The van der Waals surface area contributed by atoms with Crippen molar-refractivity contribution in [3.05, 3.63) is 59.8 Å². The van der Waals surface area contributed by atoms with Gasteiger partial charge in [0.1, 0.15) is 12.5 Å². The van der Waals surface area contributed by atoms with Gasteiger partial charge in [0.25, 0.3) is 0 Å². The van der Waals surface area contributed by atoms with Crippen molar-refractivity contribution < 1.29 is 4.39 Å². The van der Waals surface area contributed by atoms with Crippen molar-refractivity contribution in [1.82, 2.24) is 5.32 Å². The minimum Gasteiger partial charge on any atom is -0.367 e. The summed E-state index contributed by atoms with van der Waals surface area (Å²) in [5, 5.41) is 11.9. The zero-order valence-corrected chi connectivity index (χ0v) is 11.6. The van der Waals surface area contributed by atoms with Crippen molar-refractivity contribution in [2.24, 2.45) is 4.99 Å². The minimum atomic E-state index is -0.606. The summed E-state index contributed by atoms with van der Waals surface area (Å²) in [5.41, 5.74) is 2.00. The molecular weight excluding hydrogens is 253 g/mol. The Labute approximate surface area is 119 Å². The third-order valence-electron chi connectivity index (χ3n) is 2.69. The molecule has 0 amide bonds. The molecular formula is C16H18FN3. The summed E-state index contributed by atoms with van der Waals surface area (Å²) in [5.74, 6) is 0.515. The number of nitrogens with zero attached hydrogens (tertiary/aromatic N) is 2. The molecule has 104 valence electrons. The van der Waals surface area contributed by atoms with Crippen LogP contribution in [0.2, 0.25) is 0 Å². The van der Waals surface area contributed by atoms with Crippen molar-refractivity contribution in [3.63, 3.8) is 0 Å². The van der Waals surface area contributed by atoms with Gasteiger partial charge in [-0.25, -0.2) is 4.39 Å². The number of rotatable bonds is 4. The molecule has 1 aliphatic rings. The molecule has 4 heteroatoms. The summed E-state index contributed by atoms with van der Waals surface area (Å²) < 4.78 is 13.1. The Hall–Kier alpha value is -2.41. The van der Waals surface area contributed by atoms with Crippen LogP contribution in [0.25, 0.3) is 0 Å². The SMILES string of the molecule is C=C/C(C)=C\C=C(/CF)C1=NC/C=C\C(C#N)=C/CN1. The normalized spacial score (nSPS) is 21.1. The van der Waals surface area contributed by atoms with E-state index in [0.717, 1.165) is 5.57 Å². The summed E-state index contributed by atoms with van der Waals surface area (Å²) >= 11 is 0. The second-order valence-electron chi connectivity index (χ2n) is 4.18. The van der Waals surface area contributed by atoms with E-state index in [1.54, 1.807) is 36.5 Å². The van der Waals surface area contributed by atoms with Crippen molar-refractivity contribution in [1.29, 1.82) is 5.26 Å². The van der Waals surface area contributed by atoms with Crippen LogP contribution in [0, 0.1) is 11.3 Å². The van der Waals surface area contributed by atoms with Crippen LogP contribution in [0.1, 0.15) is 6.92 Å². The lowest BCUT2D eigenvalue weighted by Crippen LogP contribution is -2.26. The van der Waals surface area contributed by atoms with Crippen LogP contribution in [0.4, 0.5) is 4.39 Å². The van der Waals surface area contributed by atoms with Crippen LogP contribution in [0.3, 0.4) is 0 Å². The zero-order chi connectivity index (χ0) is 14.8. The fraction of sp³-hybridized carbons (Fsp3) is 0.250. The van der Waals surface area contributed by atoms with E-state index in [-0.39, 0.29) is 0 Å². The first-order chi connectivity index (χ1) is 9.71. The van der Waals surface area contributed by atoms with E-state index in [4.69, 9.17) is 5.26 Å². The van der Waals surface area contributed by atoms with Gasteiger partial charge in [0, 0.05) is 17.7 Å². The predicted molar refractivity (Wildman–Crippen MR) is 81.2 cm³/mol. The highest BCUT2D eigenvalue weighted by atomic mass is 19.1. The number of allylic oxidation sites excluding steroid dienone is 6. The number of nitrogens with one attached hydrogen (secondary N) is 1. The monoisotopic (exact) mass is 271 g/mol. The van der Waals surface area contributed by atoms with Gasteiger partial charge >= 0.3 is 0 Å². The molecule has 0 aliphatic carbocycles. The van der Waals surface area contributed by atoms with Gasteiger partial charge in [0.2, 0.25) is 0 Å². The summed E-state index contributed by atoms with van der Waals surface area (Å²) in [4.78, 5) is 4.30. The number of halogens is 1. The molecule has 0 atom stereocenters. The molecule has 1 heterocycles. The highest BCUT2D eigenvalue weighted by Gasteiger charge is 2.06. The lowest BCUT2D eigenvalue weighted by Gasteiger charge is -2.09. The van der Waals surface area contributed by atoms with Gasteiger partial charge in [0.15, 0.2) is 0 Å². The molecule has 1 N–H and O–H groups in total. The molecule has 0 saturated carbocycles. The molecule has 0 radical (unpaired) electrons. The van der Waals surface area contributed by atoms with E-state index in [0.29, 0.717) is 30.1 Å². The Morgan fingerprint density at radius 2 is 2.40 bits per heavy atom. The Balaban J connectivity index is 2.94. The third kappa shape index (κ3) is 5.07. The summed E-state index contributed by atoms with van der Waals surface area (Å²) in [6, 6.07) is 2.08. The maximum Gasteiger partial charge on any atom is 0.127 e. The van der Waals surface area contributed by atoms with Crippen LogP contribution in [0.5, 0.6) is 0 Å². The van der Waals surface area contributed by atoms with Crippen molar-refractivity contribution >= 4 is 5.84 Å². The van der Waals surface area contributed by atoms with Gasteiger partial charge in [-0.05, 0) is 19.1 Å². The first-order valence-electron chi connectivity index (χ1n) is 6.32. The zero-order valence-electron chi connectivity index (χ0n) is 11.6. The third-order valence-corrected chi connectivity index (χ3v) is 2.69. The molecule has 0 spiro atoms. The molecule has 1 aliphatic heterocycles. The maximum absolute atomic E-state index is 13.1. The first-order valence-corrected chi connectivity index (χ1v) is 6.32. The van der Waals surface area contributed by atoms with E-state index in [1.807, 2.05) is 6.92 Å². The van der Waals surface area contributed by atoms with Gasteiger partial charge in [-0.2, -0.15) is 5.26 Å². The van der Waals surface area contributed by atoms with Crippen LogP contribution in [0.15, 0.2) is 64.7 Å². The number of nitriles is 1. The highest BCUT2D eigenvalue weighted by Crippen LogP contribution is 2.04. The smallest absolute Gasteiger partial charge is 0.127 e. The standard InChI is InChI=1S/C16H18FN3/c1-3-13(2)6-7-15(11-17)16-19-9-4-5-14(12-18)8-10-20-16/h3-8H,1,9-11H2,2H3,(H,19,20)/b5-4-,13-6-,14-8+,15-7+. The van der Waals surface area contributed by atoms with Gasteiger partial charge in [-0.15, -0.1) is 0 Å². The molecule has 0 fully saturated rings. The van der Waals surface area contributed by atoms with Gasteiger partial charge in [-0.1, -0.05) is 36.5 Å². The van der Waals surface area contributed by atoms with Gasteiger partial charge in [0.05, 0.1) is 12.6 Å². The van der Waals surface area contributed by atoms with Crippen LogP contribution in [-0.4, -0.2) is 25.6 Å². The van der Waals surface area contributed by atoms with E-state index in [9.17, 15) is 4.39 Å². The second-order valence-corrected chi connectivity index (χ2v) is 4.18. The Kier molecular flexibility index (Phi) is 6.77. The average Bonchev–Trinajstić information content (AvgIpc) is 2.59. The van der Waals surface area contributed by atoms with E-state index < -0.39 is 6.67 Å². The summed E-state index contributed by atoms with van der Waals surface area (Å²) in [6.07, 6.45) is 10.4. The summed E-state index contributed by atoms with van der Waals surface area (Å²) in [7, 11) is 0. The first kappa shape index (κ1) is 15.6. The Morgan fingerprint density at radius 3 is 3.05 bits per heavy atom. The molecule has 0 aromatic carbocycles.